The van der Waals surface area contributed by atoms with Gasteiger partial charge in [-0.2, -0.15) is 0 Å². The number of pyridine rings is 1. The molecule has 2 atom stereocenters. The topological polar surface area (TPSA) is 45.1 Å². The van der Waals surface area contributed by atoms with Crippen molar-refractivity contribution in [3.8, 4) is 0 Å². The van der Waals surface area contributed by atoms with E-state index in [1.165, 1.54) is 0 Å². The number of aliphatic hydroxyl groups is 1. The van der Waals surface area contributed by atoms with Gasteiger partial charge in [-0.1, -0.05) is 47.6 Å². The third-order valence-corrected chi connectivity index (χ3v) is 4.31. The maximum Gasteiger partial charge on any atom is 0.150 e. The molecule has 0 bridgehead atoms. The molecule has 1 fully saturated rings. The molecule has 0 aliphatic heterocycles. The Morgan fingerprint density at radius 3 is 2.67 bits per heavy atom. The molecule has 2 rings (SSSR count). The van der Waals surface area contributed by atoms with Crippen LogP contribution in [0, 0.1) is 5.92 Å². The van der Waals surface area contributed by atoms with Crippen molar-refractivity contribution in [2.45, 2.75) is 31.7 Å². The highest BCUT2D eigenvalue weighted by Gasteiger charge is 2.25. The zero-order valence-electron chi connectivity index (χ0n) is 9.80. The first-order valence-electron chi connectivity index (χ1n) is 6.00. The van der Waals surface area contributed by atoms with E-state index >= 15 is 0 Å². The zero-order valence-corrected chi connectivity index (χ0v) is 12.1. The van der Waals surface area contributed by atoms with Crippen LogP contribution in [0.15, 0.2) is 6.07 Å². The summed E-state index contributed by atoms with van der Waals surface area (Å²) in [4.78, 5) is 4.14. The molecule has 3 nitrogen and oxygen atoms in total. The lowest BCUT2D eigenvalue weighted by Crippen LogP contribution is -2.34. The third-order valence-electron chi connectivity index (χ3n) is 3.35. The highest BCUT2D eigenvalue weighted by atomic mass is 35.5. The molecule has 1 aromatic heterocycles. The van der Waals surface area contributed by atoms with Crippen LogP contribution in [0.4, 0.5) is 5.82 Å². The van der Waals surface area contributed by atoms with Crippen molar-refractivity contribution < 1.29 is 5.11 Å². The predicted octanol–water partition coefficient (Wildman–Crippen LogP) is 4.00. The Morgan fingerprint density at radius 1 is 1.22 bits per heavy atom. The highest BCUT2D eigenvalue weighted by molar-refractivity contribution is 6.42. The van der Waals surface area contributed by atoms with Crippen molar-refractivity contribution in [2.24, 2.45) is 5.92 Å². The van der Waals surface area contributed by atoms with Crippen molar-refractivity contribution in [1.29, 1.82) is 0 Å². The summed E-state index contributed by atoms with van der Waals surface area (Å²) in [7, 11) is 0. The fourth-order valence-corrected chi connectivity index (χ4v) is 2.89. The fraction of sp³-hybridized carbons (Fsp3) is 0.583. The molecule has 0 amide bonds. The Hall–Kier alpha value is -0.220. The second-order valence-electron chi connectivity index (χ2n) is 4.57. The highest BCUT2D eigenvalue weighted by Crippen LogP contribution is 2.32. The van der Waals surface area contributed by atoms with Gasteiger partial charge in [0.25, 0.3) is 0 Å². The molecule has 2 N–H and O–H groups in total. The first kappa shape index (κ1) is 14.2. The summed E-state index contributed by atoms with van der Waals surface area (Å²) in [5, 5.41) is 13.7. The molecule has 1 aliphatic rings. The summed E-state index contributed by atoms with van der Waals surface area (Å²) in [6.07, 6.45) is 4.33. The smallest absolute Gasteiger partial charge is 0.150 e. The molecule has 6 heteroatoms. The predicted molar refractivity (Wildman–Crippen MR) is 75.7 cm³/mol. The van der Waals surface area contributed by atoms with Crippen LogP contribution in [0.3, 0.4) is 0 Å². The molecule has 1 aromatic rings. The molecule has 0 radical (unpaired) electrons. The minimum atomic E-state index is 0.177. The Kier molecular flexibility index (Phi) is 4.96. The number of nitrogens with zero attached hydrogens (tertiary/aromatic N) is 1. The zero-order chi connectivity index (χ0) is 13.1. The number of hydrogen-bond acceptors (Lipinski definition) is 3. The standard InChI is InChI=1S/C12H15Cl3N2O/c13-8-5-9(14)12(17-11(8)15)16-10-4-2-1-3-7(10)6-18/h5,7,10,18H,1-4,6H2,(H,16,17). The lowest BCUT2D eigenvalue weighted by atomic mass is 9.85. The van der Waals surface area contributed by atoms with Gasteiger partial charge in [0, 0.05) is 18.6 Å². The lowest BCUT2D eigenvalue weighted by Gasteiger charge is -2.31. The van der Waals surface area contributed by atoms with Gasteiger partial charge >= 0.3 is 0 Å². The molecule has 0 aromatic carbocycles. The van der Waals surface area contributed by atoms with Crippen LogP contribution in [0.2, 0.25) is 15.2 Å². The van der Waals surface area contributed by atoms with Gasteiger partial charge in [0.15, 0.2) is 0 Å². The molecular weight excluding hydrogens is 295 g/mol. The Labute approximate surface area is 121 Å². The molecule has 18 heavy (non-hydrogen) atoms. The third kappa shape index (κ3) is 3.21. The number of aromatic nitrogens is 1. The van der Waals surface area contributed by atoms with Gasteiger partial charge < -0.3 is 10.4 Å². The number of anilines is 1. The maximum atomic E-state index is 9.37. The van der Waals surface area contributed by atoms with E-state index in [9.17, 15) is 5.11 Å². The van der Waals surface area contributed by atoms with Gasteiger partial charge in [-0.25, -0.2) is 4.98 Å². The molecular formula is C12H15Cl3N2O. The van der Waals surface area contributed by atoms with Gasteiger partial charge in [0.2, 0.25) is 0 Å². The van der Waals surface area contributed by atoms with Crippen LogP contribution in [0.1, 0.15) is 25.7 Å². The maximum absolute atomic E-state index is 9.37. The number of halogens is 3. The van der Waals surface area contributed by atoms with Gasteiger partial charge in [-0.05, 0) is 18.9 Å². The Morgan fingerprint density at radius 2 is 1.94 bits per heavy atom. The molecule has 1 heterocycles. The van der Waals surface area contributed by atoms with Crippen molar-refractivity contribution in [2.75, 3.05) is 11.9 Å². The summed E-state index contributed by atoms with van der Waals surface area (Å²) >= 11 is 17.8. The summed E-state index contributed by atoms with van der Waals surface area (Å²) in [6, 6.07) is 1.77. The normalized spacial score (nSPS) is 24.0. The van der Waals surface area contributed by atoms with E-state index in [2.05, 4.69) is 10.3 Å². The fourth-order valence-electron chi connectivity index (χ4n) is 2.34. The lowest BCUT2D eigenvalue weighted by molar-refractivity contribution is 0.178. The van der Waals surface area contributed by atoms with E-state index in [1.54, 1.807) is 6.07 Å². The van der Waals surface area contributed by atoms with Crippen LogP contribution in [0.5, 0.6) is 0 Å². The largest absolute Gasteiger partial charge is 0.396 e. The molecule has 1 aliphatic carbocycles. The van der Waals surface area contributed by atoms with Crippen molar-refractivity contribution >= 4 is 40.6 Å². The number of nitrogens with one attached hydrogen (secondary N) is 1. The van der Waals surface area contributed by atoms with Gasteiger partial charge in [-0.3, -0.25) is 0 Å². The quantitative estimate of drug-likeness (QED) is 0.829. The van der Waals surface area contributed by atoms with E-state index in [4.69, 9.17) is 34.8 Å². The first-order chi connectivity index (χ1) is 8.61. The molecule has 0 saturated heterocycles. The molecule has 2 unspecified atom stereocenters. The Balaban J connectivity index is 2.15. The van der Waals surface area contributed by atoms with Gasteiger partial charge in [-0.15, -0.1) is 0 Å². The average molecular weight is 310 g/mol. The summed E-state index contributed by atoms with van der Waals surface area (Å²) in [5.74, 6) is 0.780. The second-order valence-corrected chi connectivity index (χ2v) is 5.74. The second kappa shape index (κ2) is 6.29. The van der Waals surface area contributed by atoms with E-state index in [0.29, 0.717) is 15.9 Å². The number of rotatable bonds is 3. The summed E-state index contributed by atoms with van der Waals surface area (Å²) < 4.78 is 0. The van der Waals surface area contributed by atoms with Crippen molar-refractivity contribution in [3.63, 3.8) is 0 Å². The van der Waals surface area contributed by atoms with E-state index in [1.807, 2.05) is 0 Å². The molecule has 100 valence electrons. The minimum Gasteiger partial charge on any atom is -0.396 e. The van der Waals surface area contributed by atoms with Gasteiger partial charge in [0.1, 0.15) is 11.0 Å². The van der Waals surface area contributed by atoms with E-state index < -0.39 is 0 Å². The first-order valence-corrected chi connectivity index (χ1v) is 7.14. The molecule has 0 spiro atoms. The average Bonchev–Trinajstić information content (AvgIpc) is 2.36. The van der Waals surface area contributed by atoms with E-state index in [-0.39, 0.29) is 23.7 Å². The number of aliphatic hydroxyl groups excluding tert-OH is 1. The van der Waals surface area contributed by atoms with Gasteiger partial charge in [0.05, 0.1) is 10.0 Å². The van der Waals surface area contributed by atoms with Crippen LogP contribution in [-0.4, -0.2) is 22.7 Å². The number of hydrogen-bond donors (Lipinski definition) is 2. The summed E-state index contributed by atoms with van der Waals surface area (Å²) in [5.41, 5.74) is 0. The van der Waals surface area contributed by atoms with Crippen LogP contribution in [0.25, 0.3) is 0 Å². The SMILES string of the molecule is OCC1CCCCC1Nc1nc(Cl)c(Cl)cc1Cl. The Bertz CT molecular complexity index is 428. The molecule has 1 saturated carbocycles. The van der Waals surface area contributed by atoms with Crippen molar-refractivity contribution in [3.05, 3.63) is 21.3 Å². The minimum absolute atomic E-state index is 0.177. The van der Waals surface area contributed by atoms with Crippen LogP contribution < -0.4 is 5.32 Å². The van der Waals surface area contributed by atoms with Crippen LogP contribution in [-0.2, 0) is 0 Å². The van der Waals surface area contributed by atoms with E-state index in [0.717, 1.165) is 25.7 Å². The van der Waals surface area contributed by atoms with Crippen LogP contribution >= 0.6 is 34.8 Å². The monoisotopic (exact) mass is 308 g/mol. The van der Waals surface area contributed by atoms with Crippen molar-refractivity contribution in [1.82, 2.24) is 4.98 Å². The summed E-state index contributed by atoms with van der Waals surface area (Å²) in [6.45, 7) is 0.177.